The third kappa shape index (κ3) is 4.61. The van der Waals surface area contributed by atoms with Crippen molar-refractivity contribution < 1.29 is 14.3 Å². The molecule has 0 radical (unpaired) electrons. The van der Waals surface area contributed by atoms with Gasteiger partial charge in [-0.15, -0.1) is 0 Å². The summed E-state index contributed by atoms with van der Waals surface area (Å²) in [6, 6.07) is 16.4. The smallest absolute Gasteiger partial charge is 0.197 e. The molecule has 0 bridgehead atoms. The lowest BCUT2D eigenvalue weighted by Crippen LogP contribution is -2.51. The molecule has 1 fully saturated rings. The van der Waals surface area contributed by atoms with E-state index in [2.05, 4.69) is 0 Å². The number of Topliss-reactive ketones (excluding diaryl/α,β-unsaturated/α-hetero) is 1. The van der Waals surface area contributed by atoms with Gasteiger partial charge in [-0.3, -0.25) is 9.69 Å². The maximum absolute atomic E-state index is 14.4. The predicted octanol–water partition coefficient (Wildman–Crippen LogP) is 3.17. The molecule has 2 aromatic carbocycles. The third-order valence-electron chi connectivity index (χ3n) is 5.47. The summed E-state index contributed by atoms with van der Waals surface area (Å²) in [5, 5.41) is 11.0. The first kappa shape index (κ1) is 19.7. The van der Waals surface area contributed by atoms with E-state index in [9.17, 15) is 14.3 Å². The zero-order valence-corrected chi connectivity index (χ0v) is 15.6. The standard InChI is InChI=1S/C22H27FN2O2/c1-16-7-9-18(10-8-16)22(27)11-13-25(14-12-22)20(24)15-19(23)21(26)17-5-3-2-4-6-17/h2-10,19-20,27H,11-15,24H2,1H3. The van der Waals surface area contributed by atoms with Crippen molar-refractivity contribution in [3.63, 3.8) is 0 Å². The molecule has 1 aliphatic heterocycles. The number of nitrogens with zero attached hydrogens (tertiary/aromatic N) is 1. The molecule has 5 heteroatoms. The van der Waals surface area contributed by atoms with Gasteiger partial charge >= 0.3 is 0 Å². The molecule has 4 nitrogen and oxygen atoms in total. The predicted molar refractivity (Wildman–Crippen MR) is 104 cm³/mol. The van der Waals surface area contributed by atoms with Crippen molar-refractivity contribution in [1.29, 1.82) is 0 Å². The Hall–Kier alpha value is -2.08. The normalized spacial score (nSPS) is 19.4. The number of carbonyl (C=O) groups excluding carboxylic acids is 1. The van der Waals surface area contributed by atoms with Gasteiger partial charge in [0.15, 0.2) is 12.0 Å². The summed E-state index contributed by atoms with van der Waals surface area (Å²) in [5.41, 5.74) is 7.71. The zero-order valence-electron chi connectivity index (χ0n) is 15.6. The van der Waals surface area contributed by atoms with E-state index in [0.29, 0.717) is 31.5 Å². The minimum Gasteiger partial charge on any atom is -0.385 e. The largest absolute Gasteiger partial charge is 0.385 e. The molecular formula is C22H27FN2O2. The second-order valence-electron chi connectivity index (χ2n) is 7.43. The summed E-state index contributed by atoms with van der Waals surface area (Å²) in [5.74, 6) is -0.529. The van der Waals surface area contributed by atoms with Crippen LogP contribution in [0.1, 0.15) is 40.7 Å². The number of hydrogen-bond acceptors (Lipinski definition) is 4. The van der Waals surface area contributed by atoms with E-state index < -0.39 is 23.7 Å². The van der Waals surface area contributed by atoms with Crippen molar-refractivity contribution in [2.45, 2.75) is 44.1 Å². The average molecular weight is 370 g/mol. The third-order valence-corrected chi connectivity index (χ3v) is 5.47. The van der Waals surface area contributed by atoms with Crippen LogP contribution in [0.15, 0.2) is 54.6 Å². The Balaban J connectivity index is 1.56. The van der Waals surface area contributed by atoms with Crippen LogP contribution in [0.25, 0.3) is 0 Å². The van der Waals surface area contributed by atoms with Gasteiger partial charge < -0.3 is 10.8 Å². The van der Waals surface area contributed by atoms with Crippen LogP contribution >= 0.6 is 0 Å². The number of ketones is 1. The number of alkyl halides is 1. The Bertz CT molecular complexity index is 756. The van der Waals surface area contributed by atoms with Crippen molar-refractivity contribution in [3.05, 3.63) is 71.3 Å². The minimum absolute atomic E-state index is 0.0450. The van der Waals surface area contributed by atoms with Crippen LogP contribution in [0.4, 0.5) is 4.39 Å². The lowest BCUT2D eigenvalue weighted by Gasteiger charge is -2.41. The van der Waals surface area contributed by atoms with Crippen molar-refractivity contribution in [3.8, 4) is 0 Å². The summed E-state index contributed by atoms with van der Waals surface area (Å²) in [4.78, 5) is 14.1. The van der Waals surface area contributed by atoms with Gasteiger partial charge in [0.25, 0.3) is 0 Å². The highest BCUT2D eigenvalue weighted by Gasteiger charge is 2.36. The summed E-state index contributed by atoms with van der Waals surface area (Å²) in [6.07, 6.45) is -1.15. The fourth-order valence-corrected chi connectivity index (χ4v) is 3.63. The first-order valence-electron chi connectivity index (χ1n) is 9.41. The van der Waals surface area contributed by atoms with Crippen LogP contribution in [0, 0.1) is 6.92 Å². The van der Waals surface area contributed by atoms with E-state index in [1.807, 2.05) is 36.1 Å². The highest BCUT2D eigenvalue weighted by atomic mass is 19.1. The molecule has 0 aromatic heterocycles. The maximum atomic E-state index is 14.4. The van der Waals surface area contributed by atoms with E-state index in [1.165, 1.54) is 0 Å². The van der Waals surface area contributed by atoms with Crippen molar-refractivity contribution in [2.24, 2.45) is 5.73 Å². The molecule has 27 heavy (non-hydrogen) atoms. The number of hydrogen-bond donors (Lipinski definition) is 2. The molecule has 1 heterocycles. The number of aryl methyl sites for hydroxylation is 1. The molecule has 0 spiro atoms. The monoisotopic (exact) mass is 370 g/mol. The maximum Gasteiger partial charge on any atom is 0.197 e. The summed E-state index contributed by atoms with van der Waals surface area (Å²) < 4.78 is 14.4. The molecule has 3 N–H and O–H groups in total. The fourth-order valence-electron chi connectivity index (χ4n) is 3.63. The van der Waals surface area contributed by atoms with Crippen LogP contribution in [0.2, 0.25) is 0 Å². The number of benzene rings is 2. The van der Waals surface area contributed by atoms with Gasteiger partial charge in [0.2, 0.25) is 0 Å². The van der Waals surface area contributed by atoms with Crippen LogP contribution in [-0.4, -0.2) is 41.2 Å². The van der Waals surface area contributed by atoms with Gasteiger partial charge in [0.1, 0.15) is 0 Å². The number of aliphatic hydroxyl groups is 1. The molecule has 2 atom stereocenters. The molecular weight excluding hydrogens is 343 g/mol. The van der Waals surface area contributed by atoms with E-state index in [0.717, 1.165) is 11.1 Å². The van der Waals surface area contributed by atoms with E-state index >= 15 is 0 Å². The fraction of sp³-hybridized carbons (Fsp3) is 0.409. The summed E-state index contributed by atoms with van der Waals surface area (Å²) in [6.45, 7) is 3.15. The number of nitrogens with two attached hydrogens (primary N) is 1. The van der Waals surface area contributed by atoms with E-state index in [-0.39, 0.29) is 6.42 Å². The molecule has 0 amide bonds. The highest BCUT2D eigenvalue weighted by molar-refractivity contribution is 5.99. The molecule has 0 saturated carbocycles. The molecule has 2 unspecified atom stereocenters. The van der Waals surface area contributed by atoms with Crippen LogP contribution in [-0.2, 0) is 5.60 Å². The van der Waals surface area contributed by atoms with Crippen molar-refractivity contribution in [2.75, 3.05) is 13.1 Å². The lowest BCUT2D eigenvalue weighted by molar-refractivity contribution is -0.0374. The Morgan fingerprint density at radius 1 is 1.15 bits per heavy atom. The number of likely N-dealkylation sites (tertiary alicyclic amines) is 1. The van der Waals surface area contributed by atoms with Gasteiger partial charge in [-0.1, -0.05) is 60.2 Å². The van der Waals surface area contributed by atoms with Gasteiger partial charge in [-0.2, -0.15) is 0 Å². The topological polar surface area (TPSA) is 66.6 Å². The molecule has 144 valence electrons. The second-order valence-corrected chi connectivity index (χ2v) is 7.43. The zero-order chi connectivity index (χ0) is 19.4. The lowest BCUT2D eigenvalue weighted by atomic mass is 9.84. The highest BCUT2D eigenvalue weighted by Crippen LogP contribution is 2.33. The van der Waals surface area contributed by atoms with Crippen molar-refractivity contribution in [1.82, 2.24) is 4.90 Å². The number of carbonyl (C=O) groups is 1. The molecule has 3 rings (SSSR count). The second kappa shape index (κ2) is 8.30. The number of piperidine rings is 1. The first-order valence-corrected chi connectivity index (χ1v) is 9.41. The van der Waals surface area contributed by atoms with Crippen LogP contribution in [0.5, 0.6) is 0 Å². The molecule has 1 aliphatic rings. The van der Waals surface area contributed by atoms with Gasteiger partial charge in [0.05, 0.1) is 11.8 Å². The van der Waals surface area contributed by atoms with Crippen molar-refractivity contribution >= 4 is 5.78 Å². The summed E-state index contributed by atoms with van der Waals surface area (Å²) in [7, 11) is 0. The molecule has 0 aliphatic carbocycles. The van der Waals surface area contributed by atoms with Gasteiger partial charge in [-0.25, -0.2) is 4.39 Å². The minimum atomic E-state index is -1.62. The van der Waals surface area contributed by atoms with Crippen LogP contribution < -0.4 is 5.73 Å². The Kier molecular flexibility index (Phi) is 6.05. The number of halogens is 1. The van der Waals surface area contributed by atoms with Gasteiger partial charge in [0, 0.05) is 25.1 Å². The van der Waals surface area contributed by atoms with E-state index in [4.69, 9.17) is 5.73 Å². The quantitative estimate of drug-likeness (QED) is 0.767. The Labute approximate surface area is 159 Å². The Morgan fingerprint density at radius 3 is 2.33 bits per heavy atom. The van der Waals surface area contributed by atoms with Gasteiger partial charge in [-0.05, 0) is 25.3 Å². The Morgan fingerprint density at radius 2 is 1.74 bits per heavy atom. The van der Waals surface area contributed by atoms with E-state index in [1.54, 1.807) is 30.3 Å². The first-order chi connectivity index (χ1) is 12.9. The summed E-state index contributed by atoms with van der Waals surface area (Å²) >= 11 is 0. The van der Waals surface area contributed by atoms with Crippen LogP contribution in [0.3, 0.4) is 0 Å². The number of rotatable bonds is 6. The SMILES string of the molecule is Cc1ccc(C2(O)CCN(C(N)CC(F)C(=O)c3ccccc3)CC2)cc1. The molecule has 1 saturated heterocycles. The average Bonchev–Trinajstić information content (AvgIpc) is 2.69. The molecule has 2 aromatic rings.